The second kappa shape index (κ2) is 8.18. The molecule has 1 saturated heterocycles. The summed E-state index contributed by atoms with van der Waals surface area (Å²) in [5, 5.41) is 9.62. The summed E-state index contributed by atoms with van der Waals surface area (Å²) in [5.74, 6) is -0.805. The van der Waals surface area contributed by atoms with E-state index in [1.807, 2.05) is 0 Å². The fraction of sp³-hybridized carbons (Fsp3) is 0.300. The normalized spacial score (nSPS) is 16.0. The van der Waals surface area contributed by atoms with Gasteiger partial charge in [-0.1, -0.05) is 12.1 Å². The molecule has 1 atom stereocenters. The Bertz CT molecular complexity index is 800. The van der Waals surface area contributed by atoms with Crippen LogP contribution in [-0.2, 0) is 4.79 Å². The number of ether oxygens (including phenoxy) is 1. The molecule has 0 spiro atoms. The number of methoxy groups -OCH3 is 1. The van der Waals surface area contributed by atoms with E-state index in [0.717, 1.165) is 0 Å². The second-order valence-corrected chi connectivity index (χ2v) is 6.35. The van der Waals surface area contributed by atoms with Gasteiger partial charge in [-0.15, -0.1) is 0 Å². The molecule has 3 rings (SSSR count). The molecular formula is C20H21FN2O4. The van der Waals surface area contributed by atoms with Crippen LogP contribution in [0.5, 0.6) is 5.75 Å². The largest absolute Gasteiger partial charge is 0.497 e. The summed E-state index contributed by atoms with van der Waals surface area (Å²) in [6.45, 7) is 1.71. The molecule has 2 aromatic rings. The molecule has 1 aliphatic rings. The van der Waals surface area contributed by atoms with E-state index in [4.69, 9.17) is 4.74 Å². The lowest BCUT2D eigenvalue weighted by atomic mass is 10.0. The molecular weight excluding hydrogens is 351 g/mol. The first-order chi connectivity index (χ1) is 13.0. The number of amides is 1. The fourth-order valence-corrected chi connectivity index (χ4v) is 3.25. The van der Waals surface area contributed by atoms with Gasteiger partial charge in [-0.05, 0) is 42.0 Å². The number of carbonyl (C=O) groups is 2. The molecule has 27 heavy (non-hydrogen) atoms. The lowest BCUT2D eigenvalue weighted by Crippen LogP contribution is -2.51. The van der Waals surface area contributed by atoms with Gasteiger partial charge in [0.25, 0.3) is 5.91 Å². The number of carbonyl (C=O) groups excluding carboxylic acids is 1. The summed E-state index contributed by atoms with van der Waals surface area (Å²) in [4.78, 5) is 27.9. The first kappa shape index (κ1) is 18.8. The van der Waals surface area contributed by atoms with Crippen LogP contribution in [0.1, 0.15) is 22.0 Å². The van der Waals surface area contributed by atoms with Gasteiger partial charge >= 0.3 is 5.97 Å². The minimum atomic E-state index is -0.989. The Kier molecular flexibility index (Phi) is 5.71. The van der Waals surface area contributed by atoms with E-state index in [1.165, 1.54) is 24.3 Å². The van der Waals surface area contributed by atoms with Crippen LogP contribution in [-0.4, -0.2) is 60.1 Å². The van der Waals surface area contributed by atoms with Crippen molar-refractivity contribution in [2.45, 2.75) is 6.04 Å². The molecule has 0 bridgehead atoms. The third kappa shape index (κ3) is 4.25. The van der Waals surface area contributed by atoms with Crippen molar-refractivity contribution in [3.8, 4) is 5.75 Å². The average molecular weight is 372 g/mol. The van der Waals surface area contributed by atoms with Crippen molar-refractivity contribution in [2.75, 3.05) is 33.3 Å². The quantitative estimate of drug-likeness (QED) is 0.873. The van der Waals surface area contributed by atoms with Gasteiger partial charge in [0, 0.05) is 31.7 Å². The molecule has 0 radical (unpaired) electrons. The molecule has 1 fully saturated rings. The van der Waals surface area contributed by atoms with E-state index in [9.17, 15) is 19.1 Å². The smallest absolute Gasteiger partial charge is 0.325 e. The highest BCUT2D eigenvalue weighted by Crippen LogP contribution is 2.24. The number of aliphatic carboxylic acids is 1. The van der Waals surface area contributed by atoms with E-state index >= 15 is 0 Å². The molecule has 142 valence electrons. The van der Waals surface area contributed by atoms with Crippen LogP contribution < -0.4 is 4.74 Å². The number of hydrogen-bond acceptors (Lipinski definition) is 4. The van der Waals surface area contributed by atoms with Crippen molar-refractivity contribution in [2.24, 2.45) is 0 Å². The summed E-state index contributed by atoms with van der Waals surface area (Å²) in [7, 11) is 1.57. The minimum Gasteiger partial charge on any atom is -0.497 e. The predicted octanol–water partition coefficient (Wildman–Crippen LogP) is 2.42. The van der Waals surface area contributed by atoms with Crippen LogP contribution in [0, 0.1) is 5.82 Å². The van der Waals surface area contributed by atoms with Gasteiger partial charge in [0.15, 0.2) is 0 Å². The topological polar surface area (TPSA) is 70.1 Å². The van der Waals surface area contributed by atoms with Crippen LogP contribution in [0.3, 0.4) is 0 Å². The Morgan fingerprint density at radius 2 is 1.59 bits per heavy atom. The Morgan fingerprint density at radius 1 is 1.00 bits per heavy atom. The number of nitrogens with zero attached hydrogens (tertiary/aromatic N) is 2. The Hall–Kier alpha value is -2.93. The van der Waals surface area contributed by atoms with Crippen molar-refractivity contribution in [3.63, 3.8) is 0 Å². The maximum Gasteiger partial charge on any atom is 0.325 e. The first-order valence-corrected chi connectivity index (χ1v) is 8.65. The molecule has 0 aromatic heterocycles. The van der Waals surface area contributed by atoms with Gasteiger partial charge in [-0.2, -0.15) is 0 Å². The third-order valence-electron chi connectivity index (χ3n) is 4.72. The number of hydrogen-bond donors (Lipinski definition) is 1. The highest BCUT2D eigenvalue weighted by atomic mass is 19.1. The lowest BCUT2D eigenvalue weighted by molar-refractivity contribution is -0.144. The average Bonchev–Trinajstić information content (AvgIpc) is 2.69. The third-order valence-corrected chi connectivity index (χ3v) is 4.72. The number of carboxylic acid groups (broad SMARTS) is 1. The molecule has 6 nitrogen and oxygen atoms in total. The second-order valence-electron chi connectivity index (χ2n) is 6.35. The Labute approximate surface area is 156 Å². The number of halogens is 1. The van der Waals surface area contributed by atoms with Crippen molar-refractivity contribution in [1.82, 2.24) is 9.80 Å². The summed E-state index contributed by atoms with van der Waals surface area (Å²) in [5.41, 5.74) is 1.09. The fourth-order valence-electron chi connectivity index (χ4n) is 3.25. The van der Waals surface area contributed by atoms with Crippen molar-refractivity contribution >= 4 is 11.9 Å². The number of rotatable bonds is 5. The number of piperazine rings is 1. The highest BCUT2D eigenvalue weighted by Gasteiger charge is 2.31. The van der Waals surface area contributed by atoms with E-state index in [2.05, 4.69) is 0 Å². The number of benzene rings is 2. The molecule has 1 N–H and O–H groups in total. The molecule has 1 aliphatic heterocycles. The van der Waals surface area contributed by atoms with Crippen molar-refractivity contribution in [3.05, 3.63) is 65.5 Å². The Balaban J connectivity index is 1.66. The molecule has 2 aromatic carbocycles. The molecule has 1 amide bonds. The van der Waals surface area contributed by atoms with Gasteiger partial charge in [0.2, 0.25) is 0 Å². The van der Waals surface area contributed by atoms with E-state index in [1.54, 1.807) is 41.2 Å². The zero-order valence-corrected chi connectivity index (χ0v) is 15.0. The van der Waals surface area contributed by atoms with Crippen molar-refractivity contribution in [1.29, 1.82) is 0 Å². The zero-order valence-electron chi connectivity index (χ0n) is 15.0. The zero-order chi connectivity index (χ0) is 19.4. The molecule has 7 heteroatoms. The number of carboxylic acids is 1. The highest BCUT2D eigenvalue weighted by molar-refractivity contribution is 5.94. The van der Waals surface area contributed by atoms with Crippen molar-refractivity contribution < 1.29 is 23.8 Å². The van der Waals surface area contributed by atoms with Crippen LogP contribution in [0.4, 0.5) is 4.39 Å². The lowest BCUT2D eigenvalue weighted by Gasteiger charge is -2.37. The van der Waals surface area contributed by atoms with Crippen LogP contribution in [0.25, 0.3) is 0 Å². The standard InChI is InChI=1S/C20H21FN2O4/c1-27-17-8-4-15(5-9-17)19(24)23-12-10-22(11-13-23)18(20(25)26)14-2-6-16(21)7-3-14/h2-9,18H,10-13H2,1H3,(H,25,26)/t18-/m1/s1. The molecule has 1 heterocycles. The maximum atomic E-state index is 13.1. The Morgan fingerprint density at radius 3 is 2.11 bits per heavy atom. The SMILES string of the molecule is COc1ccc(C(=O)N2CCN([C@@H](C(=O)O)c3ccc(F)cc3)CC2)cc1. The van der Waals surface area contributed by atoms with Gasteiger partial charge in [0.05, 0.1) is 7.11 Å². The maximum absolute atomic E-state index is 13.1. The summed E-state index contributed by atoms with van der Waals surface area (Å²) in [6.07, 6.45) is 0. The van der Waals surface area contributed by atoms with E-state index in [0.29, 0.717) is 43.1 Å². The van der Waals surface area contributed by atoms with Gasteiger partial charge in [-0.25, -0.2) is 4.39 Å². The monoisotopic (exact) mass is 372 g/mol. The van der Waals surface area contributed by atoms with Gasteiger partial charge in [0.1, 0.15) is 17.6 Å². The molecule has 0 aliphatic carbocycles. The molecule has 0 unspecified atom stereocenters. The van der Waals surface area contributed by atoms with Crippen LogP contribution in [0.15, 0.2) is 48.5 Å². The summed E-state index contributed by atoms with van der Waals surface area (Å²) in [6, 6.07) is 11.5. The van der Waals surface area contributed by atoms with Gasteiger partial charge < -0.3 is 14.7 Å². The summed E-state index contributed by atoms with van der Waals surface area (Å²) < 4.78 is 18.2. The van der Waals surface area contributed by atoms with E-state index < -0.39 is 17.8 Å². The molecule has 0 saturated carbocycles. The summed E-state index contributed by atoms with van der Waals surface area (Å²) >= 11 is 0. The minimum absolute atomic E-state index is 0.0917. The van der Waals surface area contributed by atoms with Crippen LogP contribution in [0.2, 0.25) is 0 Å². The van der Waals surface area contributed by atoms with Crippen LogP contribution >= 0.6 is 0 Å². The van der Waals surface area contributed by atoms with Gasteiger partial charge in [-0.3, -0.25) is 14.5 Å². The predicted molar refractivity (Wildman–Crippen MR) is 97.2 cm³/mol. The first-order valence-electron chi connectivity index (χ1n) is 8.65. The van der Waals surface area contributed by atoms with E-state index in [-0.39, 0.29) is 5.91 Å².